The number of hydrogen-bond acceptors (Lipinski definition) is 5. The molecule has 0 amide bonds. The summed E-state index contributed by atoms with van der Waals surface area (Å²) in [6.45, 7) is 2.53. The van der Waals surface area contributed by atoms with Gasteiger partial charge in [-0.1, -0.05) is 6.07 Å². The molecule has 0 spiro atoms. The van der Waals surface area contributed by atoms with E-state index in [-0.39, 0.29) is 0 Å². The smallest absolute Gasteiger partial charge is 0.213 e. The van der Waals surface area contributed by atoms with Gasteiger partial charge >= 0.3 is 0 Å². The van der Waals surface area contributed by atoms with Gasteiger partial charge in [0.15, 0.2) is 0 Å². The number of nitrogens with zero attached hydrogens (tertiary/aromatic N) is 2. The van der Waals surface area contributed by atoms with Gasteiger partial charge in [-0.15, -0.1) is 0 Å². The standard InChI is InChI=1S/C17H21N3O2/c1-21-15-6-5-14(19-11-15)12-22-17-4-2-3-16(20-17)13-7-9-18-10-8-13/h2-6,11,13,18H,7-10,12H2,1H3. The van der Waals surface area contributed by atoms with E-state index in [4.69, 9.17) is 9.47 Å². The van der Waals surface area contributed by atoms with E-state index in [0.717, 1.165) is 43.1 Å². The summed E-state index contributed by atoms with van der Waals surface area (Å²) >= 11 is 0. The SMILES string of the molecule is COc1ccc(COc2cccc(C3CCNCC3)n2)nc1. The van der Waals surface area contributed by atoms with Crippen molar-refractivity contribution in [3.05, 3.63) is 47.9 Å². The average Bonchev–Trinajstić information content (AvgIpc) is 2.61. The molecular weight excluding hydrogens is 278 g/mol. The summed E-state index contributed by atoms with van der Waals surface area (Å²) in [7, 11) is 1.63. The van der Waals surface area contributed by atoms with Crippen molar-refractivity contribution in [2.45, 2.75) is 25.4 Å². The molecule has 116 valence electrons. The molecule has 1 saturated heterocycles. The van der Waals surface area contributed by atoms with Gasteiger partial charge < -0.3 is 14.8 Å². The Morgan fingerprint density at radius 3 is 2.77 bits per heavy atom. The van der Waals surface area contributed by atoms with Crippen molar-refractivity contribution in [3.63, 3.8) is 0 Å². The Morgan fingerprint density at radius 1 is 1.18 bits per heavy atom. The number of hydrogen-bond donors (Lipinski definition) is 1. The van der Waals surface area contributed by atoms with Gasteiger partial charge in [0, 0.05) is 17.7 Å². The second-order valence-electron chi connectivity index (χ2n) is 5.40. The number of pyridine rings is 2. The van der Waals surface area contributed by atoms with Gasteiger partial charge in [-0.3, -0.25) is 4.98 Å². The van der Waals surface area contributed by atoms with Gasteiger partial charge in [0.1, 0.15) is 12.4 Å². The van der Waals surface area contributed by atoms with Crippen molar-refractivity contribution in [2.75, 3.05) is 20.2 Å². The van der Waals surface area contributed by atoms with Crippen LogP contribution in [0.2, 0.25) is 0 Å². The fourth-order valence-electron chi connectivity index (χ4n) is 2.62. The van der Waals surface area contributed by atoms with E-state index in [1.807, 2.05) is 24.3 Å². The first-order chi connectivity index (χ1) is 10.8. The zero-order chi connectivity index (χ0) is 15.2. The molecular formula is C17H21N3O2. The summed E-state index contributed by atoms with van der Waals surface area (Å²) in [4.78, 5) is 8.93. The van der Waals surface area contributed by atoms with Crippen LogP contribution >= 0.6 is 0 Å². The summed E-state index contributed by atoms with van der Waals surface area (Å²) < 4.78 is 10.9. The van der Waals surface area contributed by atoms with Gasteiger partial charge in [-0.25, -0.2) is 4.98 Å². The third-order valence-electron chi connectivity index (χ3n) is 3.90. The number of aromatic nitrogens is 2. The van der Waals surface area contributed by atoms with Crippen molar-refractivity contribution < 1.29 is 9.47 Å². The first-order valence-electron chi connectivity index (χ1n) is 7.64. The Morgan fingerprint density at radius 2 is 2.05 bits per heavy atom. The molecule has 1 N–H and O–H groups in total. The summed E-state index contributed by atoms with van der Waals surface area (Å²) in [5, 5.41) is 3.38. The van der Waals surface area contributed by atoms with Crippen LogP contribution in [0.25, 0.3) is 0 Å². The van der Waals surface area contributed by atoms with Crippen molar-refractivity contribution >= 4 is 0 Å². The summed E-state index contributed by atoms with van der Waals surface area (Å²) in [5.41, 5.74) is 1.98. The first-order valence-corrected chi connectivity index (χ1v) is 7.64. The van der Waals surface area contributed by atoms with Gasteiger partial charge in [0.2, 0.25) is 5.88 Å². The molecule has 1 aliphatic heterocycles. The van der Waals surface area contributed by atoms with E-state index < -0.39 is 0 Å². The lowest BCUT2D eigenvalue weighted by atomic mass is 9.94. The second-order valence-corrected chi connectivity index (χ2v) is 5.40. The molecule has 0 radical (unpaired) electrons. The van der Waals surface area contributed by atoms with E-state index in [1.54, 1.807) is 13.3 Å². The fraction of sp³-hybridized carbons (Fsp3) is 0.412. The minimum Gasteiger partial charge on any atom is -0.495 e. The third-order valence-corrected chi connectivity index (χ3v) is 3.90. The Balaban J connectivity index is 1.62. The Kier molecular flexibility index (Phi) is 4.85. The largest absolute Gasteiger partial charge is 0.495 e. The highest BCUT2D eigenvalue weighted by Gasteiger charge is 2.16. The highest BCUT2D eigenvalue weighted by molar-refractivity contribution is 5.21. The van der Waals surface area contributed by atoms with Crippen LogP contribution in [0.5, 0.6) is 11.6 Å². The monoisotopic (exact) mass is 299 g/mol. The normalized spacial score (nSPS) is 15.5. The highest BCUT2D eigenvalue weighted by Crippen LogP contribution is 2.25. The summed E-state index contributed by atoms with van der Waals surface area (Å²) in [5.74, 6) is 1.94. The molecule has 0 atom stereocenters. The molecule has 22 heavy (non-hydrogen) atoms. The van der Waals surface area contributed by atoms with E-state index in [0.29, 0.717) is 18.4 Å². The molecule has 5 heteroatoms. The van der Waals surface area contributed by atoms with Crippen LogP contribution in [0.15, 0.2) is 36.5 Å². The van der Waals surface area contributed by atoms with Crippen LogP contribution in [-0.4, -0.2) is 30.2 Å². The van der Waals surface area contributed by atoms with Crippen molar-refractivity contribution in [2.24, 2.45) is 0 Å². The lowest BCUT2D eigenvalue weighted by molar-refractivity contribution is 0.286. The molecule has 0 saturated carbocycles. The molecule has 0 unspecified atom stereocenters. The molecule has 3 heterocycles. The van der Waals surface area contributed by atoms with E-state index in [2.05, 4.69) is 21.4 Å². The molecule has 0 aromatic carbocycles. The Bertz CT molecular complexity index is 595. The van der Waals surface area contributed by atoms with E-state index >= 15 is 0 Å². The van der Waals surface area contributed by atoms with Gasteiger partial charge in [0.05, 0.1) is 19.0 Å². The first kappa shape index (κ1) is 14.8. The second kappa shape index (κ2) is 7.22. The predicted molar refractivity (Wildman–Crippen MR) is 84.2 cm³/mol. The van der Waals surface area contributed by atoms with Crippen molar-refractivity contribution in [1.29, 1.82) is 0 Å². The number of methoxy groups -OCH3 is 1. The number of ether oxygens (including phenoxy) is 2. The van der Waals surface area contributed by atoms with Crippen LogP contribution in [0.1, 0.15) is 30.1 Å². The lowest BCUT2D eigenvalue weighted by Gasteiger charge is -2.22. The van der Waals surface area contributed by atoms with Crippen molar-refractivity contribution in [1.82, 2.24) is 15.3 Å². The number of rotatable bonds is 5. The van der Waals surface area contributed by atoms with E-state index in [9.17, 15) is 0 Å². The topological polar surface area (TPSA) is 56.3 Å². The van der Waals surface area contributed by atoms with Crippen LogP contribution in [0.4, 0.5) is 0 Å². The number of piperidine rings is 1. The molecule has 0 bridgehead atoms. The maximum Gasteiger partial charge on any atom is 0.213 e. The van der Waals surface area contributed by atoms with Crippen LogP contribution in [-0.2, 0) is 6.61 Å². The molecule has 0 aliphatic carbocycles. The Hall–Kier alpha value is -2.14. The predicted octanol–water partition coefficient (Wildman–Crippen LogP) is 2.53. The Labute approximate surface area is 130 Å². The van der Waals surface area contributed by atoms with Gasteiger partial charge in [0.25, 0.3) is 0 Å². The van der Waals surface area contributed by atoms with Gasteiger partial charge in [-0.05, 0) is 44.1 Å². The van der Waals surface area contributed by atoms with Crippen molar-refractivity contribution in [3.8, 4) is 11.6 Å². The zero-order valence-corrected chi connectivity index (χ0v) is 12.8. The minimum absolute atomic E-state index is 0.409. The molecule has 3 rings (SSSR count). The minimum atomic E-state index is 0.409. The summed E-state index contributed by atoms with van der Waals surface area (Å²) in [6.07, 6.45) is 3.96. The molecule has 5 nitrogen and oxygen atoms in total. The third kappa shape index (κ3) is 3.74. The number of nitrogens with one attached hydrogen (secondary N) is 1. The maximum atomic E-state index is 5.77. The average molecular weight is 299 g/mol. The van der Waals surface area contributed by atoms with Crippen LogP contribution < -0.4 is 14.8 Å². The maximum absolute atomic E-state index is 5.77. The van der Waals surface area contributed by atoms with Crippen LogP contribution in [0.3, 0.4) is 0 Å². The molecule has 2 aromatic heterocycles. The zero-order valence-electron chi connectivity index (χ0n) is 12.8. The fourth-order valence-corrected chi connectivity index (χ4v) is 2.62. The van der Waals surface area contributed by atoms with Crippen LogP contribution in [0, 0.1) is 0 Å². The van der Waals surface area contributed by atoms with E-state index in [1.165, 1.54) is 0 Å². The molecule has 1 fully saturated rings. The molecule has 2 aromatic rings. The molecule has 1 aliphatic rings. The summed E-state index contributed by atoms with van der Waals surface area (Å²) in [6, 6.07) is 9.78. The lowest BCUT2D eigenvalue weighted by Crippen LogP contribution is -2.27. The highest BCUT2D eigenvalue weighted by atomic mass is 16.5. The van der Waals surface area contributed by atoms with Gasteiger partial charge in [-0.2, -0.15) is 0 Å². The quantitative estimate of drug-likeness (QED) is 0.919.